The number of anilines is 2. The SMILES string of the molecule is C[C@H](Nc1nccc2c1N(Cc1cc(F)cc(F)c1)CCO2)c1ccc(C(=O)O)cc1. The van der Waals surface area contributed by atoms with Crippen molar-refractivity contribution in [2.24, 2.45) is 0 Å². The number of benzene rings is 2. The molecule has 31 heavy (non-hydrogen) atoms. The van der Waals surface area contributed by atoms with Crippen LogP contribution >= 0.6 is 0 Å². The molecule has 6 nitrogen and oxygen atoms in total. The topological polar surface area (TPSA) is 74.7 Å². The maximum absolute atomic E-state index is 13.7. The number of hydrogen-bond acceptors (Lipinski definition) is 5. The number of carbonyl (C=O) groups is 1. The number of halogens is 2. The molecule has 2 heterocycles. The summed E-state index contributed by atoms with van der Waals surface area (Å²) in [6.45, 7) is 3.22. The zero-order valence-electron chi connectivity index (χ0n) is 16.8. The Balaban J connectivity index is 1.60. The van der Waals surface area contributed by atoms with E-state index in [9.17, 15) is 13.6 Å². The Kier molecular flexibility index (Phi) is 5.70. The third-order valence-electron chi connectivity index (χ3n) is 5.13. The van der Waals surface area contributed by atoms with Crippen LogP contribution in [0.25, 0.3) is 0 Å². The monoisotopic (exact) mass is 425 g/mol. The first-order valence-corrected chi connectivity index (χ1v) is 9.82. The highest BCUT2D eigenvalue weighted by atomic mass is 19.1. The van der Waals surface area contributed by atoms with Gasteiger partial charge in [0.25, 0.3) is 0 Å². The average molecular weight is 425 g/mol. The molecule has 1 aliphatic heterocycles. The second-order valence-electron chi connectivity index (χ2n) is 7.35. The minimum atomic E-state index is -0.979. The van der Waals surface area contributed by atoms with Crippen molar-refractivity contribution in [3.8, 4) is 5.75 Å². The molecule has 2 N–H and O–H groups in total. The maximum Gasteiger partial charge on any atom is 0.335 e. The Morgan fingerprint density at radius 1 is 1.19 bits per heavy atom. The molecule has 0 fully saturated rings. The summed E-state index contributed by atoms with van der Waals surface area (Å²) in [6.07, 6.45) is 1.63. The van der Waals surface area contributed by atoms with Crippen molar-refractivity contribution < 1.29 is 23.4 Å². The standard InChI is InChI=1S/C23H21F2N3O3/c1-14(16-2-4-17(5-3-16)23(29)30)27-22-21-20(6-7-26-22)31-9-8-28(21)13-15-10-18(24)12-19(25)11-15/h2-7,10-12,14H,8-9,13H2,1H3,(H,26,27)(H,29,30)/t14-/m0/s1. The quantitative estimate of drug-likeness (QED) is 0.600. The summed E-state index contributed by atoms with van der Waals surface area (Å²) in [5.74, 6) is -1.01. The molecule has 0 unspecified atom stereocenters. The van der Waals surface area contributed by atoms with Gasteiger partial charge in [-0.25, -0.2) is 18.6 Å². The summed E-state index contributed by atoms with van der Waals surface area (Å²) in [6, 6.07) is 11.7. The van der Waals surface area contributed by atoms with Gasteiger partial charge in [-0.2, -0.15) is 0 Å². The molecule has 1 aromatic heterocycles. The van der Waals surface area contributed by atoms with Crippen LogP contribution in [0.5, 0.6) is 5.75 Å². The number of pyridine rings is 1. The summed E-state index contributed by atoms with van der Waals surface area (Å²) in [7, 11) is 0. The van der Waals surface area contributed by atoms with Crippen LogP contribution in [-0.4, -0.2) is 29.2 Å². The predicted octanol–water partition coefficient (Wildman–Crippen LogP) is 4.63. The van der Waals surface area contributed by atoms with Crippen LogP contribution in [0.4, 0.5) is 20.3 Å². The molecule has 0 aliphatic carbocycles. The number of fused-ring (bicyclic) bond motifs is 1. The fourth-order valence-electron chi connectivity index (χ4n) is 3.63. The normalized spacial score (nSPS) is 13.8. The summed E-state index contributed by atoms with van der Waals surface area (Å²) < 4.78 is 33.1. The van der Waals surface area contributed by atoms with E-state index in [4.69, 9.17) is 9.84 Å². The van der Waals surface area contributed by atoms with Crippen LogP contribution in [-0.2, 0) is 6.54 Å². The van der Waals surface area contributed by atoms with Gasteiger partial charge in [0.15, 0.2) is 5.82 Å². The molecule has 1 atom stereocenters. The molecule has 0 radical (unpaired) electrons. The summed E-state index contributed by atoms with van der Waals surface area (Å²) >= 11 is 0. The van der Waals surface area contributed by atoms with E-state index in [0.717, 1.165) is 11.6 Å². The first kappa shape index (κ1) is 20.6. The van der Waals surface area contributed by atoms with E-state index < -0.39 is 17.6 Å². The van der Waals surface area contributed by atoms with Crippen molar-refractivity contribution in [1.82, 2.24) is 4.98 Å². The number of carboxylic acids is 1. The van der Waals surface area contributed by atoms with Crippen LogP contribution in [0, 0.1) is 11.6 Å². The fourth-order valence-corrected chi connectivity index (χ4v) is 3.63. The zero-order chi connectivity index (χ0) is 22.0. The smallest absolute Gasteiger partial charge is 0.335 e. The molecule has 4 rings (SSSR count). The van der Waals surface area contributed by atoms with Gasteiger partial charge in [-0.3, -0.25) is 0 Å². The Hall–Kier alpha value is -3.68. The van der Waals surface area contributed by atoms with Gasteiger partial charge in [0.05, 0.1) is 18.2 Å². The van der Waals surface area contributed by atoms with Crippen molar-refractivity contribution in [2.45, 2.75) is 19.5 Å². The fraction of sp³-hybridized carbons (Fsp3) is 0.217. The second-order valence-corrected chi connectivity index (χ2v) is 7.35. The summed E-state index contributed by atoms with van der Waals surface area (Å²) in [5, 5.41) is 12.4. The van der Waals surface area contributed by atoms with Crippen LogP contribution in [0.1, 0.15) is 34.5 Å². The lowest BCUT2D eigenvalue weighted by atomic mass is 10.1. The molecule has 0 bridgehead atoms. The van der Waals surface area contributed by atoms with Crippen LogP contribution in [0.3, 0.4) is 0 Å². The molecule has 160 valence electrons. The maximum atomic E-state index is 13.7. The van der Waals surface area contributed by atoms with E-state index in [-0.39, 0.29) is 11.6 Å². The third-order valence-corrected chi connectivity index (χ3v) is 5.13. The molecule has 2 aromatic carbocycles. The van der Waals surface area contributed by atoms with Crippen molar-refractivity contribution >= 4 is 17.5 Å². The number of aromatic carboxylic acids is 1. The van der Waals surface area contributed by atoms with E-state index >= 15 is 0 Å². The van der Waals surface area contributed by atoms with Gasteiger partial charge >= 0.3 is 5.97 Å². The Labute approximate surface area is 178 Å². The molecule has 1 aliphatic rings. The minimum Gasteiger partial charge on any atom is -0.489 e. The van der Waals surface area contributed by atoms with E-state index in [0.29, 0.717) is 42.5 Å². The number of rotatable bonds is 6. The Bertz CT molecular complexity index is 1090. The third kappa shape index (κ3) is 4.58. The first-order chi connectivity index (χ1) is 14.9. The van der Waals surface area contributed by atoms with Gasteiger partial charge in [0, 0.05) is 24.9 Å². The van der Waals surface area contributed by atoms with Crippen LogP contribution < -0.4 is 15.0 Å². The number of nitrogens with one attached hydrogen (secondary N) is 1. The highest BCUT2D eigenvalue weighted by molar-refractivity contribution is 5.87. The molecule has 0 spiro atoms. The Morgan fingerprint density at radius 2 is 1.90 bits per heavy atom. The number of carboxylic acid groups (broad SMARTS) is 1. The van der Waals surface area contributed by atoms with Gasteiger partial charge in [-0.15, -0.1) is 0 Å². The van der Waals surface area contributed by atoms with E-state index in [1.807, 2.05) is 11.8 Å². The van der Waals surface area contributed by atoms with Gasteiger partial charge in [-0.05, 0) is 42.3 Å². The van der Waals surface area contributed by atoms with E-state index in [2.05, 4.69) is 10.3 Å². The highest BCUT2D eigenvalue weighted by Crippen LogP contribution is 2.39. The van der Waals surface area contributed by atoms with Gasteiger partial charge in [0.2, 0.25) is 0 Å². The van der Waals surface area contributed by atoms with Crippen molar-refractivity contribution in [1.29, 1.82) is 0 Å². The molecular formula is C23H21F2N3O3. The number of nitrogens with zero attached hydrogens (tertiary/aromatic N) is 2. The Morgan fingerprint density at radius 3 is 2.58 bits per heavy atom. The highest BCUT2D eigenvalue weighted by Gasteiger charge is 2.24. The molecule has 0 amide bonds. The van der Waals surface area contributed by atoms with Crippen molar-refractivity contribution in [2.75, 3.05) is 23.4 Å². The summed E-state index contributed by atoms with van der Waals surface area (Å²) in [4.78, 5) is 17.5. The lowest BCUT2D eigenvalue weighted by Gasteiger charge is -2.33. The van der Waals surface area contributed by atoms with Crippen LogP contribution in [0.15, 0.2) is 54.7 Å². The summed E-state index contributed by atoms with van der Waals surface area (Å²) in [5.41, 5.74) is 2.33. The van der Waals surface area contributed by atoms with Crippen molar-refractivity contribution in [3.05, 3.63) is 83.1 Å². The lowest BCUT2D eigenvalue weighted by molar-refractivity contribution is 0.0697. The number of aromatic nitrogens is 1. The molecule has 0 saturated carbocycles. The number of hydrogen-bond donors (Lipinski definition) is 2. The average Bonchev–Trinajstić information content (AvgIpc) is 2.73. The molecule has 0 saturated heterocycles. The second kappa shape index (κ2) is 8.59. The molecular weight excluding hydrogens is 404 g/mol. The molecule has 8 heteroatoms. The van der Waals surface area contributed by atoms with Gasteiger partial charge in [-0.1, -0.05) is 12.1 Å². The zero-order valence-corrected chi connectivity index (χ0v) is 16.8. The first-order valence-electron chi connectivity index (χ1n) is 9.82. The van der Waals surface area contributed by atoms with Crippen molar-refractivity contribution in [3.63, 3.8) is 0 Å². The van der Waals surface area contributed by atoms with E-state index in [1.54, 1.807) is 36.5 Å². The van der Waals surface area contributed by atoms with Gasteiger partial charge < -0.3 is 20.1 Å². The van der Waals surface area contributed by atoms with Gasteiger partial charge in [0.1, 0.15) is 29.7 Å². The molecule has 3 aromatic rings. The lowest BCUT2D eigenvalue weighted by Crippen LogP contribution is -2.33. The van der Waals surface area contributed by atoms with E-state index in [1.165, 1.54) is 12.1 Å². The van der Waals surface area contributed by atoms with Crippen LogP contribution in [0.2, 0.25) is 0 Å². The number of ether oxygens (including phenoxy) is 1. The minimum absolute atomic E-state index is 0.169. The predicted molar refractivity (Wildman–Crippen MR) is 113 cm³/mol. The largest absolute Gasteiger partial charge is 0.489 e.